The van der Waals surface area contributed by atoms with E-state index in [1.165, 1.54) is 18.9 Å². The third-order valence-corrected chi connectivity index (χ3v) is 3.74. The maximum Gasteiger partial charge on any atom is 0.325 e. The molecule has 0 aliphatic heterocycles. The van der Waals surface area contributed by atoms with Gasteiger partial charge in [0.1, 0.15) is 11.8 Å². The third kappa shape index (κ3) is 6.61. The van der Waals surface area contributed by atoms with Crippen molar-refractivity contribution in [3.05, 3.63) is 29.8 Å². The molecule has 1 aromatic rings. The SMILES string of the molecule is CC(NC(=O)C1CCCCC1)C(=O)O.Cc1ccc(O)cc1. The van der Waals surface area contributed by atoms with E-state index in [2.05, 4.69) is 5.32 Å². The molecule has 122 valence electrons. The Bertz CT molecular complexity index is 457. The largest absolute Gasteiger partial charge is 0.508 e. The molecule has 1 fully saturated rings. The minimum atomic E-state index is -0.978. The standard InChI is InChI=1S/C10H17NO3.C7H8O/c1-7(10(13)14)11-9(12)8-5-3-2-4-6-8;1-6-2-4-7(8)5-3-6/h7-8H,2-6H2,1H3,(H,11,12)(H,13,14);2-5,8H,1H3. The smallest absolute Gasteiger partial charge is 0.325 e. The lowest BCUT2D eigenvalue weighted by Crippen LogP contribution is -2.42. The van der Waals surface area contributed by atoms with Crippen molar-refractivity contribution in [3.8, 4) is 5.75 Å². The number of phenols is 1. The van der Waals surface area contributed by atoms with Gasteiger partial charge in [-0.3, -0.25) is 9.59 Å². The summed E-state index contributed by atoms with van der Waals surface area (Å²) >= 11 is 0. The van der Waals surface area contributed by atoms with Gasteiger partial charge in [-0.2, -0.15) is 0 Å². The Morgan fingerprint density at radius 1 is 1.14 bits per heavy atom. The number of aromatic hydroxyl groups is 1. The Labute approximate surface area is 131 Å². The molecule has 0 spiro atoms. The molecule has 1 aliphatic rings. The van der Waals surface area contributed by atoms with Gasteiger partial charge < -0.3 is 15.5 Å². The molecule has 0 saturated heterocycles. The maximum atomic E-state index is 11.5. The average Bonchev–Trinajstić information content (AvgIpc) is 2.51. The predicted molar refractivity (Wildman–Crippen MR) is 84.7 cm³/mol. The number of rotatable bonds is 3. The zero-order valence-electron chi connectivity index (χ0n) is 13.2. The van der Waals surface area contributed by atoms with Gasteiger partial charge in [0, 0.05) is 5.92 Å². The van der Waals surface area contributed by atoms with Crippen LogP contribution in [-0.4, -0.2) is 28.1 Å². The first kappa shape index (κ1) is 18.0. The first-order valence-electron chi connectivity index (χ1n) is 7.69. The number of nitrogens with one attached hydrogen (secondary N) is 1. The molecular formula is C17H25NO4. The highest BCUT2D eigenvalue weighted by atomic mass is 16.4. The first-order chi connectivity index (χ1) is 10.4. The van der Waals surface area contributed by atoms with Gasteiger partial charge in [0.2, 0.25) is 5.91 Å². The molecule has 0 radical (unpaired) electrons. The van der Waals surface area contributed by atoms with E-state index in [0.717, 1.165) is 25.7 Å². The lowest BCUT2D eigenvalue weighted by molar-refractivity contribution is -0.142. The fraction of sp³-hybridized carbons (Fsp3) is 0.529. The highest BCUT2D eigenvalue weighted by molar-refractivity contribution is 5.84. The number of hydrogen-bond donors (Lipinski definition) is 3. The van der Waals surface area contributed by atoms with Crippen molar-refractivity contribution in [2.45, 2.75) is 52.0 Å². The van der Waals surface area contributed by atoms with Gasteiger partial charge in [0.15, 0.2) is 0 Å². The fourth-order valence-electron chi connectivity index (χ4n) is 2.30. The number of hydrogen-bond acceptors (Lipinski definition) is 3. The average molecular weight is 307 g/mol. The van der Waals surface area contributed by atoms with Gasteiger partial charge in [-0.15, -0.1) is 0 Å². The van der Waals surface area contributed by atoms with Crippen molar-refractivity contribution in [1.82, 2.24) is 5.32 Å². The summed E-state index contributed by atoms with van der Waals surface area (Å²) in [6.45, 7) is 3.47. The predicted octanol–water partition coefficient (Wildman–Crippen LogP) is 2.86. The molecule has 0 heterocycles. The van der Waals surface area contributed by atoms with Gasteiger partial charge >= 0.3 is 5.97 Å². The topological polar surface area (TPSA) is 86.6 Å². The van der Waals surface area contributed by atoms with E-state index in [9.17, 15) is 9.59 Å². The van der Waals surface area contributed by atoms with E-state index in [1.807, 2.05) is 19.1 Å². The van der Waals surface area contributed by atoms with Crippen LogP contribution in [0.4, 0.5) is 0 Å². The Kier molecular flexibility index (Phi) is 7.43. The highest BCUT2D eigenvalue weighted by Gasteiger charge is 2.23. The van der Waals surface area contributed by atoms with Crippen LogP contribution in [0.1, 0.15) is 44.6 Å². The number of aryl methyl sites for hydroxylation is 1. The van der Waals surface area contributed by atoms with Crippen LogP contribution in [0.2, 0.25) is 0 Å². The molecule has 1 unspecified atom stereocenters. The summed E-state index contributed by atoms with van der Waals surface area (Å²) in [7, 11) is 0. The van der Waals surface area contributed by atoms with Crippen LogP contribution in [0, 0.1) is 12.8 Å². The molecule has 1 saturated carbocycles. The Morgan fingerprint density at radius 2 is 1.68 bits per heavy atom. The van der Waals surface area contributed by atoms with Gasteiger partial charge in [0.05, 0.1) is 0 Å². The van der Waals surface area contributed by atoms with Crippen molar-refractivity contribution in [2.75, 3.05) is 0 Å². The molecule has 0 bridgehead atoms. The number of carbonyl (C=O) groups is 2. The highest BCUT2D eigenvalue weighted by Crippen LogP contribution is 2.23. The number of phenolic OH excluding ortho intramolecular Hbond substituents is 1. The quantitative estimate of drug-likeness (QED) is 0.801. The van der Waals surface area contributed by atoms with Gasteiger partial charge in [0.25, 0.3) is 0 Å². The molecule has 2 rings (SSSR count). The van der Waals surface area contributed by atoms with Crippen LogP contribution < -0.4 is 5.32 Å². The summed E-state index contributed by atoms with van der Waals surface area (Å²) < 4.78 is 0. The van der Waals surface area contributed by atoms with Gasteiger partial charge in [-0.25, -0.2) is 0 Å². The zero-order valence-corrected chi connectivity index (χ0v) is 13.2. The molecule has 5 heteroatoms. The zero-order chi connectivity index (χ0) is 16.5. The molecule has 1 atom stereocenters. The van der Waals surface area contributed by atoms with E-state index in [4.69, 9.17) is 10.2 Å². The van der Waals surface area contributed by atoms with Crippen LogP contribution >= 0.6 is 0 Å². The van der Waals surface area contributed by atoms with Crippen LogP contribution in [-0.2, 0) is 9.59 Å². The Balaban J connectivity index is 0.000000255. The second-order valence-electron chi connectivity index (χ2n) is 5.74. The number of carboxylic acids is 1. The van der Waals surface area contributed by atoms with E-state index in [1.54, 1.807) is 12.1 Å². The normalized spacial score (nSPS) is 16.1. The third-order valence-electron chi connectivity index (χ3n) is 3.74. The van der Waals surface area contributed by atoms with Crippen molar-refractivity contribution in [2.24, 2.45) is 5.92 Å². The molecule has 22 heavy (non-hydrogen) atoms. The van der Waals surface area contributed by atoms with E-state index >= 15 is 0 Å². The van der Waals surface area contributed by atoms with E-state index < -0.39 is 12.0 Å². The summed E-state index contributed by atoms with van der Waals surface area (Å²) in [6.07, 6.45) is 5.16. The molecule has 3 N–H and O–H groups in total. The van der Waals surface area contributed by atoms with Crippen LogP contribution in [0.3, 0.4) is 0 Å². The molecular weight excluding hydrogens is 282 g/mol. The van der Waals surface area contributed by atoms with Crippen molar-refractivity contribution < 1.29 is 19.8 Å². The number of benzene rings is 1. The van der Waals surface area contributed by atoms with Crippen molar-refractivity contribution >= 4 is 11.9 Å². The first-order valence-corrected chi connectivity index (χ1v) is 7.69. The lowest BCUT2D eigenvalue weighted by atomic mass is 9.88. The molecule has 1 aliphatic carbocycles. The maximum absolute atomic E-state index is 11.5. The van der Waals surface area contributed by atoms with Crippen LogP contribution in [0.15, 0.2) is 24.3 Å². The number of aliphatic carboxylic acids is 1. The summed E-state index contributed by atoms with van der Waals surface area (Å²) in [5, 5.41) is 19.9. The van der Waals surface area contributed by atoms with Crippen molar-refractivity contribution in [3.63, 3.8) is 0 Å². The second kappa shape index (κ2) is 9.07. The lowest BCUT2D eigenvalue weighted by Gasteiger charge is -2.21. The summed E-state index contributed by atoms with van der Waals surface area (Å²) in [5.41, 5.74) is 1.17. The van der Waals surface area contributed by atoms with Gasteiger partial charge in [-0.05, 0) is 38.8 Å². The summed E-state index contributed by atoms with van der Waals surface area (Å²) in [6, 6.07) is 6.32. The van der Waals surface area contributed by atoms with Crippen LogP contribution in [0.5, 0.6) is 5.75 Å². The molecule has 1 aromatic carbocycles. The van der Waals surface area contributed by atoms with Crippen molar-refractivity contribution in [1.29, 1.82) is 0 Å². The number of amides is 1. The van der Waals surface area contributed by atoms with Gasteiger partial charge in [-0.1, -0.05) is 37.0 Å². The fourth-order valence-corrected chi connectivity index (χ4v) is 2.30. The second-order valence-corrected chi connectivity index (χ2v) is 5.74. The summed E-state index contributed by atoms with van der Waals surface area (Å²) in [5.74, 6) is -0.713. The Morgan fingerprint density at radius 3 is 2.14 bits per heavy atom. The van der Waals surface area contributed by atoms with E-state index in [-0.39, 0.29) is 11.8 Å². The minimum absolute atomic E-state index is 0.0329. The minimum Gasteiger partial charge on any atom is -0.508 e. The number of carboxylic acid groups (broad SMARTS) is 1. The molecule has 5 nitrogen and oxygen atoms in total. The number of carbonyl (C=O) groups excluding carboxylic acids is 1. The summed E-state index contributed by atoms with van der Waals surface area (Å²) in [4.78, 5) is 22.0. The Hall–Kier alpha value is -2.04. The molecule has 0 aromatic heterocycles. The van der Waals surface area contributed by atoms with Crippen LogP contribution in [0.25, 0.3) is 0 Å². The van der Waals surface area contributed by atoms with E-state index in [0.29, 0.717) is 5.75 Å². The monoisotopic (exact) mass is 307 g/mol. The molecule has 1 amide bonds.